The van der Waals surface area contributed by atoms with Crippen molar-refractivity contribution >= 4 is 33.2 Å². The maximum Gasteiger partial charge on any atom is 0.262 e. The molecule has 0 radical (unpaired) electrons. The molecule has 6 heteroatoms. The average Bonchev–Trinajstić information content (AvgIpc) is 2.79. The molecule has 1 heterocycles. The number of amides is 1. The third kappa shape index (κ3) is 5.55. The van der Waals surface area contributed by atoms with Crippen LogP contribution in [-0.2, 0) is 9.53 Å². The lowest BCUT2D eigenvalue weighted by Gasteiger charge is -2.29. The lowest BCUT2D eigenvalue weighted by atomic mass is 9.84. The molecule has 1 saturated carbocycles. The molecule has 0 atom stereocenters. The van der Waals surface area contributed by atoms with Gasteiger partial charge in [0.15, 0.2) is 6.61 Å². The minimum atomic E-state index is -0.169. The van der Waals surface area contributed by atoms with E-state index in [1.54, 1.807) is 0 Å². The fourth-order valence-corrected chi connectivity index (χ4v) is 4.89. The second kappa shape index (κ2) is 10.3. The number of nitrogens with zero attached hydrogens (tertiary/aromatic N) is 1. The monoisotopic (exact) mass is 472 g/mol. The van der Waals surface area contributed by atoms with E-state index in [9.17, 15) is 4.79 Å². The van der Waals surface area contributed by atoms with Gasteiger partial charge in [-0.15, -0.1) is 0 Å². The van der Waals surface area contributed by atoms with Gasteiger partial charge in [0.2, 0.25) is 0 Å². The Labute approximate surface area is 186 Å². The van der Waals surface area contributed by atoms with E-state index in [4.69, 9.17) is 9.47 Å². The van der Waals surface area contributed by atoms with Crippen molar-refractivity contribution < 1.29 is 14.3 Å². The zero-order valence-corrected chi connectivity index (χ0v) is 18.8. The molecular weight excluding hydrogens is 444 g/mol. The van der Waals surface area contributed by atoms with Crippen LogP contribution in [0.2, 0.25) is 0 Å². The quantitative estimate of drug-likeness (QED) is 0.615. The Morgan fingerprint density at radius 2 is 1.80 bits per heavy atom. The van der Waals surface area contributed by atoms with Crippen LogP contribution >= 0.6 is 15.9 Å². The predicted octanol–water partition coefficient (Wildman–Crippen LogP) is 5.35. The van der Waals surface area contributed by atoms with Crippen molar-refractivity contribution in [3.8, 4) is 5.75 Å². The first-order chi connectivity index (χ1) is 14.7. The fraction of sp³-hybridized carbons (Fsp3) is 0.458. The molecular formula is C24H29BrN2O3. The Morgan fingerprint density at radius 3 is 2.50 bits per heavy atom. The zero-order chi connectivity index (χ0) is 20.8. The van der Waals surface area contributed by atoms with Crippen LogP contribution in [0.25, 0.3) is 0 Å². The number of ether oxygens (including phenoxy) is 2. The minimum absolute atomic E-state index is 0.00832. The molecule has 4 rings (SSSR count). The molecule has 30 heavy (non-hydrogen) atoms. The molecule has 1 N–H and O–H groups in total. The fourth-order valence-electron chi connectivity index (χ4n) is 4.26. The summed E-state index contributed by atoms with van der Waals surface area (Å²) in [5.41, 5.74) is 3.25. The molecule has 0 bridgehead atoms. The number of halogens is 1. The van der Waals surface area contributed by atoms with Gasteiger partial charge in [-0.25, -0.2) is 0 Å². The highest BCUT2D eigenvalue weighted by Crippen LogP contribution is 2.33. The summed E-state index contributed by atoms with van der Waals surface area (Å²) in [4.78, 5) is 14.6. The van der Waals surface area contributed by atoms with Gasteiger partial charge in [-0.1, -0.05) is 31.4 Å². The van der Waals surface area contributed by atoms with Crippen LogP contribution in [0.4, 0.5) is 11.4 Å². The van der Waals surface area contributed by atoms with Gasteiger partial charge in [0.05, 0.1) is 18.9 Å². The lowest BCUT2D eigenvalue weighted by molar-refractivity contribution is -0.118. The van der Waals surface area contributed by atoms with Crippen molar-refractivity contribution in [1.29, 1.82) is 0 Å². The Balaban J connectivity index is 1.27. The van der Waals surface area contributed by atoms with Gasteiger partial charge in [-0.3, -0.25) is 4.79 Å². The normalized spacial score (nSPS) is 17.6. The van der Waals surface area contributed by atoms with Crippen molar-refractivity contribution in [3.63, 3.8) is 0 Å². The van der Waals surface area contributed by atoms with Gasteiger partial charge in [-0.2, -0.15) is 0 Å². The zero-order valence-electron chi connectivity index (χ0n) is 17.2. The second-order valence-corrected chi connectivity index (χ2v) is 8.86. The standard InChI is InChI=1S/C24H29BrN2O3/c25-22-16-20(8-11-23(22)27-12-14-29-15-13-27)26-24(28)17-30-21-9-6-19(7-10-21)18-4-2-1-3-5-18/h6-11,16,18H,1-5,12-15,17H2,(H,26,28). The van der Waals surface area contributed by atoms with Crippen LogP contribution in [0.15, 0.2) is 46.9 Å². The molecule has 1 saturated heterocycles. The second-order valence-electron chi connectivity index (χ2n) is 8.01. The number of benzene rings is 2. The SMILES string of the molecule is O=C(COc1ccc(C2CCCCC2)cc1)Nc1ccc(N2CCOCC2)c(Br)c1. The maximum atomic E-state index is 12.3. The molecule has 160 valence electrons. The van der Waals surface area contributed by atoms with Crippen LogP contribution in [0.1, 0.15) is 43.6 Å². The van der Waals surface area contributed by atoms with Crippen LogP contribution in [0, 0.1) is 0 Å². The van der Waals surface area contributed by atoms with Crippen molar-refractivity contribution in [2.45, 2.75) is 38.0 Å². The molecule has 2 aromatic rings. The highest BCUT2D eigenvalue weighted by molar-refractivity contribution is 9.10. The number of carbonyl (C=O) groups excluding carboxylic acids is 1. The highest BCUT2D eigenvalue weighted by atomic mass is 79.9. The number of hydrogen-bond donors (Lipinski definition) is 1. The summed E-state index contributed by atoms with van der Waals surface area (Å²) >= 11 is 3.62. The van der Waals surface area contributed by atoms with Crippen molar-refractivity contribution in [2.75, 3.05) is 43.1 Å². The van der Waals surface area contributed by atoms with E-state index in [-0.39, 0.29) is 12.5 Å². The lowest BCUT2D eigenvalue weighted by Crippen LogP contribution is -2.36. The molecule has 2 aliphatic rings. The van der Waals surface area contributed by atoms with Gasteiger partial charge in [0.1, 0.15) is 5.75 Å². The number of hydrogen-bond acceptors (Lipinski definition) is 4. The van der Waals surface area contributed by atoms with Crippen LogP contribution in [-0.4, -0.2) is 38.8 Å². The van der Waals surface area contributed by atoms with Crippen LogP contribution < -0.4 is 15.0 Å². The molecule has 5 nitrogen and oxygen atoms in total. The third-order valence-electron chi connectivity index (χ3n) is 5.91. The molecule has 1 amide bonds. The first-order valence-corrected chi connectivity index (χ1v) is 11.6. The van der Waals surface area contributed by atoms with Crippen molar-refractivity contribution in [3.05, 3.63) is 52.5 Å². The first kappa shape index (κ1) is 21.2. The van der Waals surface area contributed by atoms with E-state index < -0.39 is 0 Å². The maximum absolute atomic E-state index is 12.3. The van der Waals surface area contributed by atoms with Crippen molar-refractivity contribution in [2.24, 2.45) is 0 Å². The smallest absolute Gasteiger partial charge is 0.262 e. The third-order valence-corrected chi connectivity index (χ3v) is 6.54. The highest BCUT2D eigenvalue weighted by Gasteiger charge is 2.16. The number of anilines is 2. The molecule has 1 aliphatic heterocycles. The van der Waals surface area contributed by atoms with E-state index in [2.05, 4.69) is 38.3 Å². The molecule has 2 fully saturated rings. The van der Waals surface area contributed by atoms with Gasteiger partial charge in [-0.05, 0) is 70.6 Å². The van der Waals surface area contributed by atoms with E-state index >= 15 is 0 Å². The van der Waals surface area contributed by atoms with E-state index in [0.29, 0.717) is 5.92 Å². The van der Waals surface area contributed by atoms with Gasteiger partial charge in [0, 0.05) is 23.2 Å². The van der Waals surface area contributed by atoms with E-state index in [1.165, 1.54) is 37.7 Å². The summed E-state index contributed by atoms with van der Waals surface area (Å²) in [6.07, 6.45) is 6.57. The van der Waals surface area contributed by atoms with Gasteiger partial charge >= 0.3 is 0 Å². The first-order valence-electron chi connectivity index (χ1n) is 10.8. The summed E-state index contributed by atoms with van der Waals surface area (Å²) in [7, 11) is 0. The average molecular weight is 473 g/mol. The van der Waals surface area contributed by atoms with Gasteiger partial charge in [0.25, 0.3) is 5.91 Å². The van der Waals surface area contributed by atoms with E-state index in [0.717, 1.165) is 47.9 Å². The summed E-state index contributed by atoms with van der Waals surface area (Å²) < 4.78 is 12.1. The molecule has 0 unspecified atom stereocenters. The predicted molar refractivity (Wildman–Crippen MR) is 124 cm³/mol. The number of rotatable bonds is 6. The largest absolute Gasteiger partial charge is 0.484 e. The van der Waals surface area contributed by atoms with Crippen molar-refractivity contribution in [1.82, 2.24) is 0 Å². The molecule has 2 aromatic carbocycles. The van der Waals surface area contributed by atoms with Crippen LogP contribution in [0.5, 0.6) is 5.75 Å². The minimum Gasteiger partial charge on any atom is -0.484 e. The Hall–Kier alpha value is -2.05. The molecule has 1 aliphatic carbocycles. The summed E-state index contributed by atoms with van der Waals surface area (Å²) in [5, 5.41) is 2.91. The number of carbonyl (C=O) groups is 1. The number of morpholine rings is 1. The summed E-state index contributed by atoms with van der Waals surface area (Å²) in [6, 6.07) is 14.1. The Bertz CT molecular complexity index is 844. The topological polar surface area (TPSA) is 50.8 Å². The summed E-state index contributed by atoms with van der Waals surface area (Å²) in [5.74, 6) is 1.24. The Kier molecular flexibility index (Phi) is 7.28. The summed E-state index contributed by atoms with van der Waals surface area (Å²) in [6.45, 7) is 3.22. The number of nitrogens with one attached hydrogen (secondary N) is 1. The van der Waals surface area contributed by atoms with Gasteiger partial charge < -0.3 is 19.7 Å². The van der Waals surface area contributed by atoms with E-state index in [1.807, 2.05) is 30.3 Å². The Morgan fingerprint density at radius 1 is 1.07 bits per heavy atom. The molecule has 0 aromatic heterocycles. The van der Waals surface area contributed by atoms with Crippen LogP contribution in [0.3, 0.4) is 0 Å². The molecule has 0 spiro atoms.